The van der Waals surface area contributed by atoms with Gasteiger partial charge in [-0.1, -0.05) is 0 Å². The van der Waals surface area contributed by atoms with Crippen LogP contribution >= 0.6 is 11.6 Å². The zero-order chi connectivity index (χ0) is 14.0. The van der Waals surface area contributed by atoms with E-state index in [9.17, 15) is 14.9 Å². The highest BCUT2D eigenvalue weighted by molar-refractivity contribution is 6.19. The van der Waals surface area contributed by atoms with Gasteiger partial charge in [0.05, 0.1) is 17.6 Å². The number of halogens is 1. The summed E-state index contributed by atoms with van der Waals surface area (Å²) in [5, 5.41) is 13.7. The SMILES string of the molecule is COc1ccc(C(=O)NC2(CCl)CC2)cc1[N+](=O)[O-]. The Balaban J connectivity index is 2.23. The van der Waals surface area contributed by atoms with Gasteiger partial charge in [0.25, 0.3) is 5.91 Å². The number of benzene rings is 1. The number of ether oxygens (including phenoxy) is 1. The van der Waals surface area contributed by atoms with Crippen molar-refractivity contribution < 1.29 is 14.5 Å². The molecule has 7 heteroatoms. The minimum Gasteiger partial charge on any atom is -0.490 e. The van der Waals surface area contributed by atoms with E-state index >= 15 is 0 Å². The molecule has 102 valence electrons. The fourth-order valence-corrected chi connectivity index (χ4v) is 2.06. The van der Waals surface area contributed by atoms with Gasteiger partial charge >= 0.3 is 5.69 Å². The van der Waals surface area contributed by atoms with Crippen molar-refractivity contribution in [3.63, 3.8) is 0 Å². The Bertz CT molecular complexity index is 528. The number of nitrogens with zero attached hydrogens (tertiary/aromatic N) is 1. The molecule has 0 heterocycles. The van der Waals surface area contributed by atoms with Gasteiger partial charge in [-0.15, -0.1) is 11.6 Å². The van der Waals surface area contributed by atoms with Crippen LogP contribution in [-0.2, 0) is 0 Å². The molecule has 0 bridgehead atoms. The summed E-state index contributed by atoms with van der Waals surface area (Å²) >= 11 is 5.77. The Kier molecular flexibility index (Phi) is 3.61. The molecule has 1 aromatic rings. The van der Waals surface area contributed by atoms with Gasteiger partial charge in [-0.05, 0) is 25.0 Å². The van der Waals surface area contributed by atoms with E-state index in [1.807, 2.05) is 0 Å². The van der Waals surface area contributed by atoms with Gasteiger partial charge in [0.15, 0.2) is 5.75 Å². The number of nitro benzene ring substituents is 1. The first-order valence-electron chi connectivity index (χ1n) is 5.72. The highest BCUT2D eigenvalue weighted by Gasteiger charge is 2.43. The Hall–Kier alpha value is -1.82. The lowest BCUT2D eigenvalue weighted by Crippen LogP contribution is -2.38. The summed E-state index contributed by atoms with van der Waals surface area (Å²) in [4.78, 5) is 22.3. The van der Waals surface area contributed by atoms with E-state index in [0.29, 0.717) is 5.88 Å². The Morgan fingerprint density at radius 3 is 2.74 bits per heavy atom. The molecular formula is C12H13ClN2O4. The third-order valence-electron chi connectivity index (χ3n) is 3.13. The maximum atomic E-state index is 12.0. The van der Waals surface area contributed by atoms with Crippen molar-refractivity contribution in [3.05, 3.63) is 33.9 Å². The summed E-state index contributed by atoms with van der Waals surface area (Å²) in [6.07, 6.45) is 1.67. The fourth-order valence-electron chi connectivity index (χ4n) is 1.73. The quantitative estimate of drug-likeness (QED) is 0.510. The molecule has 1 fully saturated rings. The van der Waals surface area contributed by atoms with Crippen LogP contribution in [0, 0.1) is 10.1 Å². The van der Waals surface area contributed by atoms with Crippen LogP contribution in [-0.4, -0.2) is 29.4 Å². The molecule has 6 nitrogen and oxygen atoms in total. The third-order valence-corrected chi connectivity index (χ3v) is 3.64. The topological polar surface area (TPSA) is 81.5 Å². The van der Waals surface area contributed by atoms with Gasteiger partial charge in [0, 0.05) is 17.5 Å². The number of carbonyl (C=O) groups is 1. The Labute approximate surface area is 114 Å². The molecule has 1 aliphatic carbocycles. The predicted molar refractivity (Wildman–Crippen MR) is 69.8 cm³/mol. The first-order valence-corrected chi connectivity index (χ1v) is 6.26. The van der Waals surface area contributed by atoms with Crippen LogP contribution < -0.4 is 10.1 Å². The van der Waals surface area contributed by atoms with Crippen LogP contribution in [0.15, 0.2) is 18.2 Å². The molecule has 1 N–H and O–H groups in total. The molecule has 1 aromatic carbocycles. The molecule has 0 aliphatic heterocycles. The smallest absolute Gasteiger partial charge is 0.311 e. The zero-order valence-corrected chi connectivity index (χ0v) is 11.1. The molecule has 0 radical (unpaired) electrons. The van der Waals surface area contributed by atoms with Crippen LogP contribution in [0.2, 0.25) is 0 Å². The van der Waals surface area contributed by atoms with Crippen LogP contribution in [0.5, 0.6) is 5.75 Å². The second-order valence-corrected chi connectivity index (χ2v) is 4.78. The number of hydrogen-bond donors (Lipinski definition) is 1. The zero-order valence-electron chi connectivity index (χ0n) is 10.3. The second-order valence-electron chi connectivity index (χ2n) is 4.51. The minimum atomic E-state index is -0.579. The summed E-state index contributed by atoms with van der Waals surface area (Å²) in [6.45, 7) is 0. The van der Waals surface area contributed by atoms with Gasteiger partial charge < -0.3 is 10.1 Å². The fraction of sp³-hybridized carbons (Fsp3) is 0.417. The number of nitrogens with one attached hydrogen (secondary N) is 1. The predicted octanol–water partition coefficient (Wildman–Crippen LogP) is 2.10. The van der Waals surface area contributed by atoms with E-state index in [2.05, 4.69) is 5.32 Å². The molecule has 0 saturated heterocycles. The summed E-state index contributed by atoms with van der Waals surface area (Å²) < 4.78 is 4.88. The summed E-state index contributed by atoms with van der Waals surface area (Å²) in [5.74, 6) is 0.112. The van der Waals surface area contributed by atoms with Crippen molar-refractivity contribution in [3.8, 4) is 5.75 Å². The lowest BCUT2D eigenvalue weighted by Gasteiger charge is -2.14. The monoisotopic (exact) mass is 284 g/mol. The van der Waals surface area contributed by atoms with E-state index in [1.165, 1.54) is 25.3 Å². The number of rotatable bonds is 5. The number of alkyl halides is 1. The Morgan fingerprint density at radius 2 is 2.26 bits per heavy atom. The maximum Gasteiger partial charge on any atom is 0.311 e. The van der Waals surface area contributed by atoms with Crippen molar-refractivity contribution in [1.29, 1.82) is 0 Å². The second kappa shape index (κ2) is 5.05. The molecular weight excluding hydrogens is 272 g/mol. The van der Waals surface area contributed by atoms with Crippen molar-refractivity contribution in [2.75, 3.05) is 13.0 Å². The van der Waals surface area contributed by atoms with Gasteiger partial charge in [-0.25, -0.2) is 0 Å². The first-order chi connectivity index (χ1) is 9.01. The normalized spacial score (nSPS) is 15.7. The number of methoxy groups -OCH3 is 1. The number of carbonyl (C=O) groups excluding carboxylic acids is 1. The number of hydrogen-bond acceptors (Lipinski definition) is 4. The molecule has 1 saturated carbocycles. The average Bonchev–Trinajstić information content (AvgIpc) is 3.18. The molecule has 1 amide bonds. The number of nitro groups is 1. The average molecular weight is 285 g/mol. The van der Waals surface area contributed by atoms with Crippen molar-refractivity contribution in [2.45, 2.75) is 18.4 Å². The minimum absolute atomic E-state index is 0.125. The van der Waals surface area contributed by atoms with Crippen LogP contribution in [0.25, 0.3) is 0 Å². The summed E-state index contributed by atoms with van der Waals surface area (Å²) in [6, 6.07) is 4.11. The lowest BCUT2D eigenvalue weighted by molar-refractivity contribution is -0.385. The maximum absolute atomic E-state index is 12.0. The van der Waals surface area contributed by atoms with Gasteiger partial charge in [-0.2, -0.15) is 0 Å². The van der Waals surface area contributed by atoms with E-state index in [4.69, 9.17) is 16.3 Å². The van der Waals surface area contributed by atoms with Crippen molar-refractivity contribution in [1.82, 2.24) is 5.32 Å². The standard InChI is InChI=1S/C12H13ClN2O4/c1-19-10-3-2-8(6-9(10)15(17)18)11(16)14-12(7-13)4-5-12/h2-3,6H,4-5,7H2,1H3,(H,14,16). The van der Waals surface area contributed by atoms with Gasteiger partial charge in [-0.3, -0.25) is 14.9 Å². The van der Waals surface area contributed by atoms with Crippen molar-refractivity contribution >= 4 is 23.2 Å². The van der Waals surface area contributed by atoms with E-state index in [0.717, 1.165) is 12.8 Å². The largest absolute Gasteiger partial charge is 0.490 e. The highest BCUT2D eigenvalue weighted by Crippen LogP contribution is 2.37. The van der Waals surface area contributed by atoms with Gasteiger partial charge in [0.2, 0.25) is 0 Å². The van der Waals surface area contributed by atoms with Crippen LogP contribution in [0.3, 0.4) is 0 Å². The third kappa shape index (κ3) is 2.78. The highest BCUT2D eigenvalue weighted by atomic mass is 35.5. The Morgan fingerprint density at radius 1 is 1.58 bits per heavy atom. The number of amides is 1. The molecule has 0 spiro atoms. The molecule has 1 aliphatic rings. The lowest BCUT2D eigenvalue weighted by atomic mass is 10.1. The van der Waals surface area contributed by atoms with Gasteiger partial charge in [0.1, 0.15) is 0 Å². The van der Waals surface area contributed by atoms with E-state index < -0.39 is 4.92 Å². The molecule has 0 aromatic heterocycles. The summed E-state index contributed by atoms with van der Waals surface area (Å²) in [5.41, 5.74) is -0.345. The van der Waals surface area contributed by atoms with Crippen LogP contribution in [0.1, 0.15) is 23.2 Å². The molecule has 0 atom stereocenters. The van der Waals surface area contributed by atoms with Crippen LogP contribution in [0.4, 0.5) is 5.69 Å². The molecule has 0 unspecified atom stereocenters. The van der Waals surface area contributed by atoms with E-state index in [-0.39, 0.29) is 28.4 Å². The van der Waals surface area contributed by atoms with E-state index in [1.54, 1.807) is 0 Å². The molecule has 2 rings (SSSR count). The summed E-state index contributed by atoms with van der Waals surface area (Å²) in [7, 11) is 1.34. The van der Waals surface area contributed by atoms with Crippen molar-refractivity contribution in [2.24, 2.45) is 0 Å². The first kappa shape index (κ1) is 13.6. The molecule has 19 heavy (non-hydrogen) atoms.